The summed E-state index contributed by atoms with van der Waals surface area (Å²) in [5, 5.41) is 0. The first-order valence-corrected chi connectivity index (χ1v) is 6.45. The van der Waals surface area contributed by atoms with Crippen LogP contribution in [0.5, 0.6) is 0 Å². The van der Waals surface area contributed by atoms with Gasteiger partial charge in [0.25, 0.3) is 0 Å². The molecule has 0 aromatic rings. The van der Waals surface area contributed by atoms with Crippen LogP contribution in [0, 0.1) is 17.8 Å². The van der Waals surface area contributed by atoms with Crippen molar-refractivity contribution in [2.24, 2.45) is 17.8 Å². The summed E-state index contributed by atoms with van der Waals surface area (Å²) in [4.78, 5) is 2.20. The third kappa shape index (κ3) is 2.54. The number of hydrogen-bond donors (Lipinski definition) is 0. The molecule has 88 valence electrons. The predicted octanol–water partition coefficient (Wildman–Crippen LogP) is 2.39. The second kappa shape index (κ2) is 4.84. The number of hydrogen-bond acceptors (Lipinski definition) is 2. The number of nitrogens with zero attached hydrogens (tertiary/aromatic N) is 1. The van der Waals surface area contributed by atoms with Gasteiger partial charge in [0.2, 0.25) is 0 Å². The maximum atomic E-state index is 6.03. The first-order chi connectivity index (χ1) is 7.18. The quantitative estimate of drug-likeness (QED) is 0.708. The zero-order valence-electron chi connectivity index (χ0n) is 10.4. The van der Waals surface area contributed by atoms with Crippen LogP contribution >= 0.6 is 0 Å². The fourth-order valence-corrected chi connectivity index (χ4v) is 3.43. The van der Waals surface area contributed by atoms with Gasteiger partial charge in [-0.3, -0.25) is 0 Å². The van der Waals surface area contributed by atoms with Crippen LogP contribution in [0.2, 0.25) is 0 Å². The smallest absolute Gasteiger partial charge is 0.0606 e. The Labute approximate surface area is 94.0 Å². The van der Waals surface area contributed by atoms with Crippen LogP contribution in [-0.4, -0.2) is 38.3 Å². The Morgan fingerprint density at radius 1 is 1.07 bits per heavy atom. The Bertz CT molecular complexity index is 205. The lowest BCUT2D eigenvalue weighted by molar-refractivity contribution is 0.0169. The number of ether oxygens (including phenoxy) is 1. The van der Waals surface area contributed by atoms with Gasteiger partial charge in [-0.15, -0.1) is 0 Å². The van der Waals surface area contributed by atoms with Crippen LogP contribution in [0.25, 0.3) is 0 Å². The molecule has 0 bridgehead atoms. The minimum Gasteiger partial charge on any atom is -0.377 e. The highest BCUT2D eigenvalue weighted by atomic mass is 16.5. The second-order valence-corrected chi connectivity index (χ2v) is 5.67. The largest absolute Gasteiger partial charge is 0.377 e. The van der Waals surface area contributed by atoms with Crippen molar-refractivity contribution in [1.82, 2.24) is 4.90 Å². The van der Waals surface area contributed by atoms with Crippen molar-refractivity contribution in [2.75, 3.05) is 27.2 Å². The van der Waals surface area contributed by atoms with E-state index in [9.17, 15) is 0 Å². The van der Waals surface area contributed by atoms with E-state index in [1.165, 1.54) is 25.7 Å². The summed E-state index contributed by atoms with van der Waals surface area (Å²) in [7, 11) is 4.22. The third-order valence-corrected chi connectivity index (χ3v) is 4.37. The molecule has 0 saturated heterocycles. The van der Waals surface area contributed by atoms with Crippen molar-refractivity contribution in [3.05, 3.63) is 0 Å². The molecule has 2 fully saturated rings. The van der Waals surface area contributed by atoms with Crippen LogP contribution in [0.3, 0.4) is 0 Å². The van der Waals surface area contributed by atoms with E-state index in [1.807, 2.05) is 0 Å². The van der Waals surface area contributed by atoms with E-state index in [0.29, 0.717) is 6.10 Å². The van der Waals surface area contributed by atoms with E-state index >= 15 is 0 Å². The van der Waals surface area contributed by atoms with Crippen LogP contribution < -0.4 is 0 Å². The van der Waals surface area contributed by atoms with E-state index in [-0.39, 0.29) is 0 Å². The fraction of sp³-hybridized carbons (Fsp3) is 1.00. The molecule has 0 aliphatic heterocycles. The van der Waals surface area contributed by atoms with Gasteiger partial charge in [0, 0.05) is 6.54 Å². The monoisotopic (exact) mass is 211 g/mol. The molecule has 2 rings (SSSR count). The molecule has 2 saturated carbocycles. The topological polar surface area (TPSA) is 12.5 Å². The molecule has 0 heterocycles. The van der Waals surface area contributed by atoms with Crippen LogP contribution in [0.15, 0.2) is 0 Å². The normalized spacial score (nSPS) is 40.0. The van der Waals surface area contributed by atoms with E-state index in [4.69, 9.17) is 4.74 Å². The number of fused-ring (bicyclic) bond motifs is 1. The van der Waals surface area contributed by atoms with Gasteiger partial charge in [-0.1, -0.05) is 13.3 Å². The van der Waals surface area contributed by atoms with Crippen LogP contribution in [-0.2, 0) is 4.74 Å². The predicted molar refractivity (Wildman–Crippen MR) is 62.9 cm³/mol. The van der Waals surface area contributed by atoms with Crippen molar-refractivity contribution in [1.29, 1.82) is 0 Å². The zero-order valence-corrected chi connectivity index (χ0v) is 10.4. The summed E-state index contributed by atoms with van der Waals surface area (Å²) in [5.74, 6) is 2.83. The minimum absolute atomic E-state index is 0.583. The Hall–Kier alpha value is -0.0800. The second-order valence-electron chi connectivity index (χ2n) is 5.67. The molecule has 0 spiro atoms. The Kier molecular flexibility index (Phi) is 3.68. The summed E-state index contributed by atoms with van der Waals surface area (Å²) < 4.78 is 6.03. The average molecular weight is 211 g/mol. The molecule has 4 unspecified atom stereocenters. The minimum atomic E-state index is 0.583. The van der Waals surface area contributed by atoms with Crippen molar-refractivity contribution in [2.45, 2.75) is 38.7 Å². The number of likely N-dealkylation sites (N-methyl/N-ethyl adjacent to an activating group) is 1. The Morgan fingerprint density at radius 2 is 1.80 bits per heavy atom. The number of rotatable bonds is 4. The molecule has 0 aromatic carbocycles. The van der Waals surface area contributed by atoms with Gasteiger partial charge in [-0.2, -0.15) is 0 Å². The summed E-state index contributed by atoms with van der Waals surface area (Å²) in [5.41, 5.74) is 0. The highest BCUT2D eigenvalue weighted by Gasteiger charge is 2.43. The van der Waals surface area contributed by atoms with Crippen molar-refractivity contribution < 1.29 is 4.74 Å². The molecule has 0 amide bonds. The molecular weight excluding hydrogens is 186 g/mol. The molecule has 4 atom stereocenters. The lowest BCUT2D eigenvalue weighted by atomic mass is 9.93. The summed E-state index contributed by atoms with van der Waals surface area (Å²) in [6.45, 7) is 4.39. The van der Waals surface area contributed by atoms with Gasteiger partial charge in [-0.05, 0) is 51.1 Å². The zero-order chi connectivity index (χ0) is 10.8. The van der Waals surface area contributed by atoms with E-state index in [2.05, 4.69) is 25.9 Å². The molecule has 2 heteroatoms. The summed E-state index contributed by atoms with van der Waals surface area (Å²) >= 11 is 0. The first kappa shape index (κ1) is 11.4. The highest BCUT2D eigenvalue weighted by Crippen LogP contribution is 2.48. The molecule has 0 radical (unpaired) electrons. The molecule has 2 aliphatic carbocycles. The van der Waals surface area contributed by atoms with Gasteiger partial charge in [0.1, 0.15) is 0 Å². The maximum Gasteiger partial charge on any atom is 0.0606 e. The van der Waals surface area contributed by atoms with Crippen LogP contribution in [0.4, 0.5) is 0 Å². The summed E-state index contributed by atoms with van der Waals surface area (Å²) in [6, 6.07) is 0. The van der Waals surface area contributed by atoms with Crippen molar-refractivity contribution >= 4 is 0 Å². The van der Waals surface area contributed by atoms with Crippen molar-refractivity contribution in [3.8, 4) is 0 Å². The Morgan fingerprint density at radius 3 is 2.53 bits per heavy atom. The van der Waals surface area contributed by atoms with Gasteiger partial charge in [-0.25, -0.2) is 0 Å². The van der Waals surface area contributed by atoms with Gasteiger partial charge in [0.15, 0.2) is 0 Å². The molecule has 0 aromatic heterocycles. The van der Waals surface area contributed by atoms with E-state index in [1.54, 1.807) is 0 Å². The van der Waals surface area contributed by atoms with E-state index < -0.39 is 0 Å². The molecule has 2 aliphatic rings. The lowest BCUT2D eigenvalue weighted by Crippen LogP contribution is -2.25. The van der Waals surface area contributed by atoms with Gasteiger partial charge in [0.05, 0.1) is 12.7 Å². The standard InChI is InChI=1S/C13H25NO/c1-10-4-5-12-11(10)6-7-13(12)15-9-8-14(2)3/h10-13H,4-9H2,1-3H3. The fourth-order valence-electron chi connectivity index (χ4n) is 3.43. The van der Waals surface area contributed by atoms with Crippen LogP contribution in [0.1, 0.15) is 32.6 Å². The molecule has 15 heavy (non-hydrogen) atoms. The lowest BCUT2D eigenvalue weighted by Gasteiger charge is -2.21. The molecule has 0 N–H and O–H groups in total. The molecule has 2 nitrogen and oxygen atoms in total. The van der Waals surface area contributed by atoms with Gasteiger partial charge < -0.3 is 9.64 Å². The highest BCUT2D eigenvalue weighted by molar-refractivity contribution is 4.93. The Balaban J connectivity index is 1.75. The van der Waals surface area contributed by atoms with E-state index in [0.717, 1.165) is 30.9 Å². The third-order valence-electron chi connectivity index (χ3n) is 4.37. The maximum absolute atomic E-state index is 6.03. The average Bonchev–Trinajstić information content (AvgIpc) is 2.71. The summed E-state index contributed by atoms with van der Waals surface area (Å²) in [6.07, 6.45) is 6.16. The SMILES string of the molecule is CC1CCC2C(OCCN(C)C)CCC12. The molecular formula is C13H25NO. The van der Waals surface area contributed by atoms with Crippen molar-refractivity contribution in [3.63, 3.8) is 0 Å². The van der Waals surface area contributed by atoms with Gasteiger partial charge >= 0.3 is 0 Å². The first-order valence-electron chi connectivity index (χ1n) is 6.45.